The molecule has 144 valence electrons. The number of benzene rings is 2. The van der Waals surface area contributed by atoms with E-state index in [9.17, 15) is 9.90 Å². The lowest BCUT2D eigenvalue weighted by molar-refractivity contribution is 0.0544. The van der Waals surface area contributed by atoms with Gasteiger partial charge in [0.05, 0.1) is 5.52 Å². The van der Waals surface area contributed by atoms with Gasteiger partial charge in [0, 0.05) is 17.1 Å². The van der Waals surface area contributed by atoms with Crippen LogP contribution in [0.25, 0.3) is 10.9 Å². The van der Waals surface area contributed by atoms with E-state index in [1.165, 1.54) is 10.1 Å². The maximum Gasteiger partial charge on any atom is 0.418 e. The fourth-order valence-electron chi connectivity index (χ4n) is 2.88. The van der Waals surface area contributed by atoms with E-state index in [2.05, 4.69) is 11.8 Å². The third-order valence-electron chi connectivity index (χ3n) is 4.21. The van der Waals surface area contributed by atoms with Crippen LogP contribution in [0.3, 0.4) is 0 Å². The molecule has 0 radical (unpaired) electrons. The summed E-state index contributed by atoms with van der Waals surface area (Å²) >= 11 is 0. The molecule has 1 N–H and O–H groups in total. The number of ether oxygens (including phenoxy) is 1. The number of aromatic nitrogens is 1. The minimum Gasteiger partial charge on any atom is -0.443 e. The lowest BCUT2D eigenvalue weighted by Gasteiger charge is -2.19. The Kier molecular flexibility index (Phi) is 5.87. The summed E-state index contributed by atoms with van der Waals surface area (Å²) in [6, 6.07) is 17.5. The first-order valence-corrected chi connectivity index (χ1v) is 9.40. The van der Waals surface area contributed by atoms with Crippen LogP contribution in [0.5, 0.6) is 0 Å². The van der Waals surface area contributed by atoms with E-state index < -0.39 is 17.8 Å². The molecule has 2 aromatic carbocycles. The van der Waals surface area contributed by atoms with Gasteiger partial charge in [-0.05, 0) is 63.4 Å². The van der Waals surface area contributed by atoms with E-state index >= 15 is 0 Å². The standard InChI is InChI=1S/C24H25NO3/c1-24(2,3)28-23(27)25-16-15-20-17-19(11-14-22(20)25)10-13-21(26)12-9-18-7-5-4-6-8-18/h4-8,11,14-17,21,26H,9,12H2,1-3H3. The van der Waals surface area contributed by atoms with Crippen LogP contribution in [0.4, 0.5) is 4.79 Å². The average Bonchev–Trinajstić information content (AvgIpc) is 3.07. The summed E-state index contributed by atoms with van der Waals surface area (Å²) in [4.78, 5) is 12.3. The number of nitrogens with zero attached hydrogens (tertiary/aromatic N) is 1. The van der Waals surface area contributed by atoms with Crippen molar-refractivity contribution in [3.63, 3.8) is 0 Å². The molecule has 0 aliphatic carbocycles. The van der Waals surface area contributed by atoms with Crippen LogP contribution in [0.1, 0.15) is 38.3 Å². The van der Waals surface area contributed by atoms with Gasteiger partial charge in [0.25, 0.3) is 0 Å². The molecule has 4 nitrogen and oxygen atoms in total. The summed E-state index contributed by atoms with van der Waals surface area (Å²) in [7, 11) is 0. The molecule has 0 saturated heterocycles. The molecule has 0 aliphatic heterocycles. The Bertz CT molecular complexity index is 1020. The predicted octanol–water partition coefficient (Wildman–Crippen LogP) is 4.77. The summed E-state index contributed by atoms with van der Waals surface area (Å²) in [5, 5.41) is 11.0. The van der Waals surface area contributed by atoms with E-state index in [1.54, 1.807) is 6.20 Å². The lowest BCUT2D eigenvalue weighted by Crippen LogP contribution is -2.26. The Morgan fingerprint density at radius 1 is 1.14 bits per heavy atom. The van der Waals surface area contributed by atoms with Gasteiger partial charge in [-0.15, -0.1) is 0 Å². The molecular weight excluding hydrogens is 350 g/mol. The third-order valence-corrected chi connectivity index (χ3v) is 4.21. The molecule has 3 aromatic rings. The second-order valence-electron chi connectivity index (χ2n) is 7.75. The highest BCUT2D eigenvalue weighted by atomic mass is 16.6. The number of carbonyl (C=O) groups is 1. The molecule has 1 atom stereocenters. The highest BCUT2D eigenvalue weighted by Crippen LogP contribution is 2.19. The van der Waals surface area contributed by atoms with Gasteiger partial charge in [-0.1, -0.05) is 42.2 Å². The average molecular weight is 375 g/mol. The molecule has 0 fully saturated rings. The number of hydrogen-bond acceptors (Lipinski definition) is 3. The van der Waals surface area contributed by atoms with Crippen LogP contribution in [-0.2, 0) is 11.2 Å². The molecule has 0 amide bonds. The van der Waals surface area contributed by atoms with Crippen molar-refractivity contribution >= 4 is 17.0 Å². The molecule has 0 bridgehead atoms. The lowest BCUT2D eigenvalue weighted by atomic mass is 10.1. The second kappa shape index (κ2) is 8.33. The molecule has 1 aromatic heterocycles. The molecule has 1 heterocycles. The van der Waals surface area contributed by atoms with Gasteiger partial charge in [0.1, 0.15) is 11.7 Å². The fourth-order valence-corrected chi connectivity index (χ4v) is 2.88. The smallest absolute Gasteiger partial charge is 0.418 e. The van der Waals surface area contributed by atoms with Crippen molar-refractivity contribution in [1.82, 2.24) is 4.57 Å². The molecule has 1 unspecified atom stereocenters. The van der Waals surface area contributed by atoms with Crippen molar-refractivity contribution in [2.24, 2.45) is 0 Å². The highest BCUT2D eigenvalue weighted by molar-refractivity contribution is 5.90. The van der Waals surface area contributed by atoms with E-state index in [1.807, 2.05) is 75.4 Å². The summed E-state index contributed by atoms with van der Waals surface area (Å²) in [6.07, 6.45) is 1.99. The van der Waals surface area contributed by atoms with Crippen molar-refractivity contribution in [2.75, 3.05) is 0 Å². The van der Waals surface area contributed by atoms with Crippen molar-refractivity contribution in [3.8, 4) is 11.8 Å². The molecular formula is C24H25NO3. The summed E-state index contributed by atoms with van der Waals surface area (Å²) in [5.74, 6) is 5.93. The predicted molar refractivity (Wildman–Crippen MR) is 111 cm³/mol. The van der Waals surface area contributed by atoms with Crippen LogP contribution in [0.2, 0.25) is 0 Å². The van der Waals surface area contributed by atoms with E-state index in [0.29, 0.717) is 6.42 Å². The first-order chi connectivity index (χ1) is 13.3. The van der Waals surface area contributed by atoms with Gasteiger partial charge in [-0.25, -0.2) is 4.79 Å². The van der Waals surface area contributed by atoms with E-state index in [4.69, 9.17) is 4.74 Å². The van der Waals surface area contributed by atoms with Crippen molar-refractivity contribution in [2.45, 2.75) is 45.3 Å². The number of fused-ring (bicyclic) bond motifs is 1. The first-order valence-electron chi connectivity index (χ1n) is 9.40. The van der Waals surface area contributed by atoms with Gasteiger partial charge >= 0.3 is 6.09 Å². The van der Waals surface area contributed by atoms with Gasteiger partial charge in [-0.2, -0.15) is 0 Å². The SMILES string of the molecule is CC(C)(C)OC(=O)n1ccc2cc(C#CC(O)CCc3ccccc3)ccc21. The van der Waals surface area contributed by atoms with Crippen LogP contribution in [0, 0.1) is 11.8 Å². The van der Waals surface area contributed by atoms with Gasteiger partial charge in [0.15, 0.2) is 0 Å². The quantitative estimate of drug-likeness (QED) is 0.671. The van der Waals surface area contributed by atoms with Crippen molar-refractivity contribution in [1.29, 1.82) is 0 Å². The topological polar surface area (TPSA) is 51.5 Å². The van der Waals surface area contributed by atoms with Crippen LogP contribution < -0.4 is 0 Å². The molecule has 3 rings (SSSR count). The molecule has 4 heteroatoms. The number of aliphatic hydroxyl groups is 1. The first kappa shape index (κ1) is 19.7. The van der Waals surface area contributed by atoms with E-state index in [-0.39, 0.29) is 0 Å². The van der Waals surface area contributed by atoms with Gasteiger partial charge < -0.3 is 9.84 Å². The van der Waals surface area contributed by atoms with Gasteiger partial charge in [-0.3, -0.25) is 4.57 Å². The maximum absolute atomic E-state index is 12.3. The fraction of sp³-hybridized carbons (Fsp3) is 0.292. The van der Waals surface area contributed by atoms with Crippen molar-refractivity contribution < 1.29 is 14.6 Å². The number of carbonyl (C=O) groups excluding carboxylic acids is 1. The number of hydrogen-bond donors (Lipinski definition) is 1. The Morgan fingerprint density at radius 3 is 2.61 bits per heavy atom. The maximum atomic E-state index is 12.3. The Hall–Kier alpha value is -3.03. The zero-order chi connectivity index (χ0) is 20.1. The van der Waals surface area contributed by atoms with E-state index in [0.717, 1.165) is 22.9 Å². The highest BCUT2D eigenvalue weighted by Gasteiger charge is 2.18. The molecule has 0 spiro atoms. The monoisotopic (exact) mass is 375 g/mol. The Morgan fingerprint density at radius 2 is 1.89 bits per heavy atom. The van der Waals surface area contributed by atoms with Crippen LogP contribution >= 0.6 is 0 Å². The molecule has 0 saturated carbocycles. The number of aliphatic hydroxyl groups excluding tert-OH is 1. The van der Waals surface area contributed by atoms with Crippen LogP contribution in [-0.4, -0.2) is 27.5 Å². The summed E-state index contributed by atoms with van der Waals surface area (Å²) in [5.41, 5.74) is 2.21. The third kappa shape index (κ3) is 5.25. The van der Waals surface area contributed by atoms with Crippen LogP contribution in [0.15, 0.2) is 60.8 Å². The summed E-state index contributed by atoms with van der Waals surface area (Å²) < 4.78 is 6.92. The minimum absolute atomic E-state index is 0.405. The largest absolute Gasteiger partial charge is 0.443 e. The Balaban J connectivity index is 1.68. The second-order valence-corrected chi connectivity index (χ2v) is 7.75. The molecule has 0 aliphatic rings. The normalized spacial score (nSPS) is 12.3. The zero-order valence-electron chi connectivity index (χ0n) is 16.5. The van der Waals surface area contributed by atoms with Gasteiger partial charge in [0.2, 0.25) is 0 Å². The number of rotatable bonds is 3. The minimum atomic E-state index is -0.678. The van der Waals surface area contributed by atoms with Crippen molar-refractivity contribution in [3.05, 3.63) is 71.9 Å². The Labute approximate surface area is 165 Å². The zero-order valence-corrected chi connectivity index (χ0v) is 16.5. The number of aryl methyl sites for hydroxylation is 1. The molecule has 28 heavy (non-hydrogen) atoms. The summed E-state index contributed by atoms with van der Waals surface area (Å²) in [6.45, 7) is 5.52.